The molecule has 1 saturated heterocycles. The maximum absolute atomic E-state index is 12.1. The Bertz CT molecular complexity index is 359. The number of methoxy groups -OCH3 is 1. The van der Waals surface area contributed by atoms with E-state index in [2.05, 4.69) is 6.58 Å². The number of esters is 1. The first-order valence-electron chi connectivity index (χ1n) is 6.47. The SMILES string of the molecule is C=CC[C@H]1C[C@@H](C(=O)OC)N(C(=O)OC(C)(C)C)C1. The monoisotopic (exact) mass is 269 g/mol. The second-order valence-electron chi connectivity index (χ2n) is 5.80. The fourth-order valence-corrected chi connectivity index (χ4v) is 2.21. The number of amides is 1. The summed E-state index contributed by atoms with van der Waals surface area (Å²) in [5, 5.41) is 0. The summed E-state index contributed by atoms with van der Waals surface area (Å²) in [6.07, 6.45) is 2.71. The molecule has 1 fully saturated rings. The van der Waals surface area contributed by atoms with E-state index in [-0.39, 0.29) is 5.92 Å². The average Bonchev–Trinajstić information content (AvgIpc) is 2.70. The predicted octanol–water partition coefficient (Wildman–Crippen LogP) is 2.36. The number of allylic oxidation sites excluding steroid dienone is 1. The minimum absolute atomic E-state index is 0.231. The number of hydrogen-bond donors (Lipinski definition) is 0. The summed E-state index contributed by atoms with van der Waals surface area (Å²) in [5.74, 6) is -0.161. The van der Waals surface area contributed by atoms with Gasteiger partial charge in [0.05, 0.1) is 7.11 Å². The highest BCUT2D eigenvalue weighted by atomic mass is 16.6. The highest BCUT2D eigenvalue weighted by Gasteiger charge is 2.41. The van der Waals surface area contributed by atoms with Crippen molar-refractivity contribution in [2.75, 3.05) is 13.7 Å². The van der Waals surface area contributed by atoms with Crippen LogP contribution in [0.1, 0.15) is 33.6 Å². The third-order valence-corrected chi connectivity index (χ3v) is 2.99. The van der Waals surface area contributed by atoms with Crippen LogP contribution in [0, 0.1) is 5.92 Å². The molecule has 1 amide bonds. The molecule has 0 bridgehead atoms. The van der Waals surface area contributed by atoms with Crippen molar-refractivity contribution in [2.45, 2.75) is 45.3 Å². The van der Waals surface area contributed by atoms with E-state index in [0.717, 1.165) is 6.42 Å². The molecule has 108 valence electrons. The molecule has 5 nitrogen and oxygen atoms in total. The van der Waals surface area contributed by atoms with Gasteiger partial charge in [0.1, 0.15) is 11.6 Å². The van der Waals surface area contributed by atoms with Crippen LogP contribution in [-0.2, 0) is 14.3 Å². The van der Waals surface area contributed by atoms with Gasteiger partial charge in [-0.25, -0.2) is 9.59 Å². The highest BCUT2D eigenvalue weighted by Crippen LogP contribution is 2.28. The molecule has 0 radical (unpaired) electrons. The van der Waals surface area contributed by atoms with E-state index < -0.39 is 23.7 Å². The van der Waals surface area contributed by atoms with Crippen LogP contribution in [0.3, 0.4) is 0 Å². The van der Waals surface area contributed by atoms with Crippen LogP contribution in [-0.4, -0.2) is 42.3 Å². The largest absolute Gasteiger partial charge is 0.467 e. The van der Waals surface area contributed by atoms with E-state index in [0.29, 0.717) is 13.0 Å². The van der Waals surface area contributed by atoms with Gasteiger partial charge in [0.25, 0.3) is 0 Å². The van der Waals surface area contributed by atoms with Crippen molar-refractivity contribution in [3.8, 4) is 0 Å². The Morgan fingerprint density at radius 1 is 1.42 bits per heavy atom. The van der Waals surface area contributed by atoms with E-state index >= 15 is 0 Å². The smallest absolute Gasteiger partial charge is 0.411 e. The molecule has 5 heteroatoms. The standard InChI is InChI=1S/C14H23NO4/c1-6-7-10-8-11(12(16)18-5)15(9-10)13(17)19-14(2,3)4/h6,10-11H,1,7-9H2,2-5H3/t10-,11-/m0/s1. The molecule has 0 aliphatic carbocycles. The lowest BCUT2D eigenvalue weighted by atomic mass is 10.0. The fraction of sp³-hybridized carbons (Fsp3) is 0.714. The van der Waals surface area contributed by atoms with Gasteiger partial charge in [-0.1, -0.05) is 6.08 Å². The molecule has 0 aromatic rings. The van der Waals surface area contributed by atoms with Crippen LogP contribution in [0.15, 0.2) is 12.7 Å². The molecule has 1 heterocycles. The number of rotatable bonds is 3. The zero-order valence-corrected chi connectivity index (χ0v) is 12.1. The molecule has 0 N–H and O–H groups in total. The van der Waals surface area contributed by atoms with E-state index in [1.54, 1.807) is 26.8 Å². The Morgan fingerprint density at radius 3 is 2.53 bits per heavy atom. The van der Waals surface area contributed by atoms with Gasteiger partial charge >= 0.3 is 12.1 Å². The number of carbonyl (C=O) groups excluding carboxylic acids is 2. The first-order valence-corrected chi connectivity index (χ1v) is 6.47. The molecule has 0 aromatic heterocycles. The molecule has 1 aliphatic heterocycles. The zero-order valence-electron chi connectivity index (χ0n) is 12.1. The summed E-state index contributed by atoms with van der Waals surface area (Å²) in [7, 11) is 1.33. The molecule has 2 atom stereocenters. The first-order chi connectivity index (χ1) is 8.78. The topological polar surface area (TPSA) is 55.8 Å². The molecule has 0 aromatic carbocycles. The summed E-state index contributed by atoms with van der Waals surface area (Å²) >= 11 is 0. The second-order valence-corrected chi connectivity index (χ2v) is 5.80. The molecule has 0 unspecified atom stereocenters. The third kappa shape index (κ3) is 4.26. The zero-order chi connectivity index (χ0) is 14.6. The van der Waals surface area contributed by atoms with Crippen molar-refractivity contribution in [1.82, 2.24) is 4.90 Å². The summed E-state index contributed by atoms with van der Waals surface area (Å²) in [5.41, 5.74) is -0.575. The fourth-order valence-electron chi connectivity index (χ4n) is 2.21. The van der Waals surface area contributed by atoms with Gasteiger partial charge < -0.3 is 9.47 Å². The number of hydrogen-bond acceptors (Lipinski definition) is 4. The van der Waals surface area contributed by atoms with Gasteiger partial charge in [-0.05, 0) is 39.5 Å². The van der Waals surface area contributed by atoms with Gasteiger partial charge in [0, 0.05) is 6.54 Å². The Labute approximate surface area is 114 Å². The maximum atomic E-state index is 12.1. The normalized spacial score (nSPS) is 23.1. The Kier molecular flexibility index (Phi) is 4.97. The van der Waals surface area contributed by atoms with Crippen molar-refractivity contribution in [2.24, 2.45) is 5.92 Å². The van der Waals surface area contributed by atoms with Crippen molar-refractivity contribution >= 4 is 12.1 Å². The minimum atomic E-state index is -0.575. The molecule has 1 aliphatic rings. The second kappa shape index (κ2) is 6.08. The van der Waals surface area contributed by atoms with Crippen molar-refractivity contribution in [3.63, 3.8) is 0 Å². The van der Waals surface area contributed by atoms with Gasteiger partial charge in [-0.3, -0.25) is 4.90 Å². The number of carbonyl (C=O) groups is 2. The quantitative estimate of drug-likeness (QED) is 0.583. The lowest BCUT2D eigenvalue weighted by Crippen LogP contribution is -2.43. The van der Waals surface area contributed by atoms with Crippen LogP contribution < -0.4 is 0 Å². The van der Waals surface area contributed by atoms with Crippen LogP contribution >= 0.6 is 0 Å². The lowest BCUT2D eigenvalue weighted by Gasteiger charge is -2.27. The number of likely N-dealkylation sites (tertiary alicyclic amines) is 1. The molecular formula is C14H23NO4. The van der Waals surface area contributed by atoms with E-state index in [1.165, 1.54) is 12.0 Å². The number of nitrogens with zero attached hydrogens (tertiary/aromatic N) is 1. The van der Waals surface area contributed by atoms with Gasteiger partial charge in [0.2, 0.25) is 0 Å². The van der Waals surface area contributed by atoms with Gasteiger partial charge in [-0.2, -0.15) is 0 Å². The highest BCUT2D eigenvalue weighted by molar-refractivity contribution is 5.82. The summed E-state index contributed by atoms with van der Waals surface area (Å²) in [4.78, 5) is 25.3. The molecule has 0 spiro atoms. The summed E-state index contributed by atoms with van der Waals surface area (Å²) in [6, 6.07) is -0.551. The van der Waals surface area contributed by atoms with E-state index in [4.69, 9.17) is 9.47 Å². The van der Waals surface area contributed by atoms with Crippen LogP contribution in [0.25, 0.3) is 0 Å². The Morgan fingerprint density at radius 2 is 2.05 bits per heavy atom. The third-order valence-electron chi connectivity index (χ3n) is 2.99. The van der Waals surface area contributed by atoms with E-state index in [9.17, 15) is 9.59 Å². The molecule has 1 rings (SSSR count). The maximum Gasteiger partial charge on any atom is 0.411 e. The van der Waals surface area contributed by atoms with Crippen molar-refractivity contribution < 1.29 is 19.1 Å². The van der Waals surface area contributed by atoms with Crippen molar-refractivity contribution in [3.05, 3.63) is 12.7 Å². The van der Waals surface area contributed by atoms with Crippen molar-refractivity contribution in [1.29, 1.82) is 0 Å². The summed E-state index contributed by atoms with van der Waals surface area (Å²) in [6.45, 7) is 9.60. The average molecular weight is 269 g/mol. The molecule has 0 saturated carbocycles. The summed E-state index contributed by atoms with van der Waals surface area (Å²) < 4.78 is 10.1. The molecular weight excluding hydrogens is 246 g/mol. The van der Waals surface area contributed by atoms with Crippen LogP contribution in [0.5, 0.6) is 0 Å². The lowest BCUT2D eigenvalue weighted by molar-refractivity contribution is -0.145. The Hall–Kier alpha value is -1.52. The Balaban J connectivity index is 2.79. The van der Waals surface area contributed by atoms with Gasteiger partial charge in [-0.15, -0.1) is 6.58 Å². The minimum Gasteiger partial charge on any atom is -0.467 e. The first kappa shape index (κ1) is 15.5. The van der Waals surface area contributed by atoms with Gasteiger partial charge in [0.15, 0.2) is 0 Å². The molecule has 19 heavy (non-hydrogen) atoms. The number of ether oxygens (including phenoxy) is 2. The van der Waals surface area contributed by atoms with Crippen LogP contribution in [0.2, 0.25) is 0 Å². The van der Waals surface area contributed by atoms with E-state index in [1.807, 2.05) is 0 Å². The van der Waals surface area contributed by atoms with Crippen LogP contribution in [0.4, 0.5) is 4.79 Å². The predicted molar refractivity (Wildman–Crippen MR) is 71.7 cm³/mol.